The molecule has 0 spiro atoms. The molecule has 1 fully saturated rings. The lowest BCUT2D eigenvalue weighted by molar-refractivity contribution is -0.137. The van der Waals surface area contributed by atoms with E-state index in [4.69, 9.17) is 4.74 Å². The molecule has 2 unspecified atom stereocenters. The molecule has 8 nitrogen and oxygen atoms in total. The van der Waals surface area contributed by atoms with Crippen LogP contribution in [-0.4, -0.2) is 30.6 Å². The molecule has 2 heterocycles. The average molecular weight is 444 g/mol. The van der Waals surface area contributed by atoms with E-state index in [2.05, 4.69) is 36.7 Å². The summed E-state index contributed by atoms with van der Waals surface area (Å²) in [6.07, 6.45) is 3.51. The second-order valence-corrected chi connectivity index (χ2v) is 8.69. The molecule has 168 valence electrons. The van der Waals surface area contributed by atoms with E-state index in [9.17, 15) is 25.4 Å². The largest absolute Gasteiger partial charge is 0.463 e. The average Bonchev–Trinajstić information content (AvgIpc) is 3.25. The van der Waals surface area contributed by atoms with E-state index in [1.54, 1.807) is 12.1 Å². The molecule has 0 bridgehead atoms. The minimum Gasteiger partial charge on any atom is -0.463 e. The number of hydrogen-bond donors (Lipinski definition) is 1. The smallest absolute Gasteiger partial charge is 0.330 e. The summed E-state index contributed by atoms with van der Waals surface area (Å²) >= 11 is 0. The number of carbonyl (C=O) groups excluding carboxylic acids is 2. The van der Waals surface area contributed by atoms with Gasteiger partial charge in [0.2, 0.25) is 5.91 Å². The molecule has 2 aliphatic rings. The maximum absolute atomic E-state index is 12.7. The first-order valence-corrected chi connectivity index (χ1v) is 10.7. The van der Waals surface area contributed by atoms with Gasteiger partial charge < -0.3 is 15.0 Å². The Kier molecular flexibility index (Phi) is 6.85. The van der Waals surface area contributed by atoms with Gasteiger partial charge in [-0.15, -0.1) is 0 Å². The third-order valence-corrected chi connectivity index (χ3v) is 6.11. The fourth-order valence-corrected chi connectivity index (χ4v) is 4.57. The van der Waals surface area contributed by atoms with Crippen LogP contribution >= 0.6 is 0 Å². The molecular formula is C25H25N5O3. The third-order valence-electron chi connectivity index (χ3n) is 6.11. The van der Waals surface area contributed by atoms with E-state index in [1.807, 2.05) is 18.2 Å². The summed E-state index contributed by atoms with van der Waals surface area (Å²) < 4.78 is 5.04. The maximum atomic E-state index is 12.7. The molecule has 3 rings (SSSR count). The topological polar surface area (TPSA) is 130 Å². The van der Waals surface area contributed by atoms with Crippen LogP contribution in [-0.2, 0) is 20.7 Å². The summed E-state index contributed by atoms with van der Waals surface area (Å²) in [6, 6.07) is 11.4. The number of anilines is 1. The van der Waals surface area contributed by atoms with Crippen LogP contribution in [0.25, 0.3) is 0 Å². The number of fused-ring (bicyclic) bond motifs is 1. The van der Waals surface area contributed by atoms with E-state index in [1.165, 1.54) is 0 Å². The Morgan fingerprint density at radius 3 is 2.67 bits per heavy atom. The summed E-state index contributed by atoms with van der Waals surface area (Å²) in [7, 11) is 0. The Balaban J connectivity index is 1.80. The standard InChI is InChI=1S/C25H25N5O3/c1-4-21(31)33-10-6-5-9-30-20-8-7-16(11-17(20)12-25(30,2)3)22-19(15-28)23(29-24(22)32)18(13-26)14-27/h4,7-8,11,19,22H,1,5-6,9-10,12H2,2-3H3,(H,29,32). The molecule has 8 heteroatoms. The van der Waals surface area contributed by atoms with Crippen LogP contribution in [0.2, 0.25) is 0 Å². The SMILES string of the molecule is C=CC(=O)OCCCCN1c2ccc(C3C(=O)NC(=C(C#N)C#N)C3C#N)cc2CC1(C)C. The molecule has 0 saturated carbocycles. The normalized spacial score (nSPS) is 20.2. The highest BCUT2D eigenvalue weighted by atomic mass is 16.5. The molecule has 33 heavy (non-hydrogen) atoms. The van der Waals surface area contributed by atoms with Crippen LogP contribution in [0.1, 0.15) is 43.7 Å². The molecule has 1 saturated heterocycles. The van der Waals surface area contributed by atoms with Gasteiger partial charge in [-0.1, -0.05) is 18.7 Å². The highest BCUT2D eigenvalue weighted by Gasteiger charge is 2.43. The Morgan fingerprint density at radius 2 is 2.03 bits per heavy atom. The quantitative estimate of drug-likeness (QED) is 0.297. The van der Waals surface area contributed by atoms with E-state index in [-0.39, 0.29) is 22.7 Å². The number of carbonyl (C=O) groups is 2. The number of rotatable bonds is 7. The molecular weight excluding hydrogens is 418 g/mol. The highest BCUT2D eigenvalue weighted by Crippen LogP contribution is 2.43. The van der Waals surface area contributed by atoms with Gasteiger partial charge in [0.25, 0.3) is 0 Å². The van der Waals surface area contributed by atoms with Gasteiger partial charge >= 0.3 is 5.97 Å². The number of nitrogens with one attached hydrogen (secondary N) is 1. The molecule has 1 N–H and O–H groups in total. The van der Waals surface area contributed by atoms with Gasteiger partial charge in [-0.3, -0.25) is 4.79 Å². The number of ether oxygens (including phenoxy) is 1. The van der Waals surface area contributed by atoms with Crippen LogP contribution in [0.5, 0.6) is 0 Å². The van der Waals surface area contributed by atoms with Crippen molar-refractivity contribution in [2.45, 2.75) is 44.6 Å². The molecule has 1 aromatic carbocycles. The summed E-state index contributed by atoms with van der Waals surface area (Å²) in [5.41, 5.74) is 2.55. The van der Waals surface area contributed by atoms with Crippen molar-refractivity contribution in [3.8, 4) is 18.2 Å². The van der Waals surface area contributed by atoms with E-state index in [0.29, 0.717) is 12.2 Å². The minimum atomic E-state index is -0.909. The van der Waals surface area contributed by atoms with Crippen LogP contribution in [0, 0.1) is 39.9 Å². The second kappa shape index (κ2) is 9.59. The number of esters is 1. The van der Waals surface area contributed by atoms with Gasteiger partial charge in [0.15, 0.2) is 0 Å². The van der Waals surface area contributed by atoms with Gasteiger partial charge in [0, 0.05) is 23.8 Å². The number of benzene rings is 1. The molecule has 2 atom stereocenters. The first kappa shape index (κ1) is 23.6. The zero-order chi connectivity index (χ0) is 24.2. The third kappa shape index (κ3) is 4.59. The number of nitrogens with zero attached hydrogens (tertiary/aromatic N) is 4. The number of hydrogen-bond acceptors (Lipinski definition) is 7. The lowest BCUT2D eigenvalue weighted by Crippen LogP contribution is -2.41. The Bertz CT molecular complexity index is 1130. The Morgan fingerprint density at radius 1 is 1.30 bits per heavy atom. The summed E-state index contributed by atoms with van der Waals surface area (Å²) in [5, 5.41) is 30.6. The zero-order valence-electron chi connectivity index (χ0n) is 18.7. The summed E-state index contributed by atoms with van der Waals surface area (Å²) in [4.78, 5) is 26.2. The van der Waals surface area contributed by atoms with Gasteiger partial charge in [0.1, 0.15) is 23.6 Å². The van der Waals surface area contributed by atoms with E-state index < -0.39 is 17.8 Å². The van der Waals surface area contributed by atoms with Crippen molar-refractivity contribution in [2.75, 3.05) is 18.1 Å². The van der Waals surface area contributed by atoms with Gasteiger partial charge in [-0.25, -0.2) is 4.79 Å². The summed E-state index contributed by atoms with van der Waals surface area (Å²) in [5.74, 6) is -2.49. The fraction of sp³-hybridized carbons (Fsp3) is 0.400. The summed E-state index contributed by atoms with van der Waals surface area (Å²) in [6.45, 7) is 8.82. The Labute approximate surface area is 193 Å². The molecule has 2 aliphatic heterocycles. The zero-order valence-corrected chi connectivity index (χ0v) is 18.7. The molecule has 0 aliphatic carbocycles. The molecule has 1 amide bonds. The number of amides is 1. The van der Waals surface area contributed by atoms with Crippen LogP contribution in [0.3, 0.4) is 0 Å². The highest BCUT2D eigenvalue weighted by molar-refractivity contribution is 5.91. The van der Waals surface area contributed by atoms with Gasteiger partial charge in [-0.2, -0.15) is 15.8 Å². The number of nitriles is 3. The predicted octanol–water partition coefficient (Wildman–Crippen LogP) is 2.99. The lowest BCUT2D eigenvalue weighted by atomic mass is 9.85. The number of allylic oxidation sites excluding steroid dienone is 2. The minimum absolute atomic E-state index is 0.0807. The maximum Gasteiger partial charge on any atom is 0.330 e. The van der Waals surface area contributed by atoms with Crippen molar-refractivity contribution in [1.29, 1.82) is 15.8 Å². The van der Waals surface area contributed by atoms with Crippen LogP contribution < -0.4 is 10.2 Å². The van der Waals surface area contributed by atoms with Gasteiger partial charge in [0.05, 0.1) is 24.3 Å². The second-order valence-electron chi connectivity index (χ2n) is 8.69. The van der Waals surface area contributed by atoms with E-state index >= 15 is 0 Å². The van der Waals surface area contributed by atoms with Crippen molar-refractivity contribution in [1.82, 2.24) is 5.32 Å². The monoisotopic (exact) mass is 443 g/mol. The first-order valence-electron chi connectivity index (χ1n) is 10.7. The molecule has 1 aromatic rings. The van der Waals surface area contributed by atoms with Crippen LogP contribution in [0.4, 0.5) is 5.69 Å². The van der Waals surface area contributed by atoms with Crippen molar-refractivity contribution in [3.05, 3.63) is 53.3 Å². The Hall–Kier alpha value is -4.09. The first-order chi connectivity index (χ1) is 15.8. The molecule has 0 aromatic heterocycles. The van der Waals surface area contributed by atoms with Crippen molar-refractivity contribution >= 4 is 17.6 Å². The molecule has 0 radical (unpaired) electrons. The van der Waals surface area contributed by atoms with Gasteiger partial charge in [-0.05, 0) is 50.3 Å². The van der Waals surface area contributed by atoms with E-state index in [0.717, 1.165) is 43.1 Å². The van der Waals surface area contributed by atoms with Crippen LogP contribution in [0.15, 0.2) is 42.1 Å². The van der Waals surface area contributed by atoms with Crippen molar-refractivity contribution in [3.63, 3.8) is 0 Å². The lowest BCUT2D eigenvalue weighted by Gasteiger charge is -2.34. The fourth-order valence-electron chi connectivity index (χ4n) is 4.57. The van der Waals surface area contributed by atoms with Crippen molar-refractivity contribution in [2.24, 2.45) is 5.92 Å². The van der Waals surface area contributed by atoms with Crippen molar-refractivity contribution < 1.29 is 14.3 Å². The predicted molar refractivity (Wildman–Crippen MR) is 120 cm³/mol. The number of unbranched alkanes of at least 4 members (excludes halogenated alkanes) is 1.